The predicted octanol–water partition coefficient (Wildman–Crippen LogP) is 1.05. The van der Waals surface area contributed by atoms with Crippen LogP contribution in [0.1, 0.15) is 24.9 Å². The lowest BCUT2D eigenvalue weighted by molar-refractivity contribution is -0.143. The number of carbonyl (C=O) groups excluding carboxylic acids is 1. The van der Waals surface area contributed by atoms with Crippen LogP contribution in [0.3, 0.4) is 0 Å². The SMILES string of the molecule is CCOC(=O)C[C@H](N)c1cccc(O)c1O. The van der Waals surface area contributed by atoms with E-state index >= 15 is 0 Å². The van der Waals surface area contributed by atoms with Crippen LogP contribution < -0.4 is 5.73 Å². The molecule has 1 aromatic rings. The largest absolute Gasteiger partial charge is 0.504 e. The van der Waals surface area contributed by atoms with Gasteiger partial charge in [0.15, 0.2) is 11.5 Å². The molecule has 0 bridgehead atoms. The third kappa shape index (κ3) is 2.87. The number of ether oxygens (including phenoxy) is 1. The molecule has 5 nitrogen and oxygen atoms in total. The first kappa shape index (κ1) is 12.3. The maximum atomic E-state index is 11.2. The summed E-state index contributed by atoms with van der Waals surface area (Å²) in [6.45, 7) is 1.99. The predicted molar refractivity (Wildman–Crippen MR) is 58.0 cm³/mol. The molecule has 0 unspecified atom stereocenters. The second-order valence-electron chi connectivity index (χ2n) is 3.33. The molecule has 88 valence electrons. The van der Waals surface area contributed by atoms with Crippen LogP contribution >= 0.6 is 0 Å². The molecule has 0 saturated heterocycles. The number of esters is 1. The van der Waals surface area contributed by atoms with Crippen molar-refractivity contribution < 1.29 is 19.7 Å². The molecule has 1 atom stereocenters. The van der Waals surface area contributed by atoms with Gasteiger partial charge in [-0.1, -0.05) is 12.1 Å². The van der Waals surface area contributed by atoms with E-state index in [0.29, 0.717) is 5.56 Å². The Morgan fingerprint density at radius 3 is 2.81 bits per heavy atom. The summed E-state index contributed by atoms with van der Waals surface area (Å²) < 4.78 is 4.74. The van der Waals surface area contributed by atoms with Crippen LogP contribution in [0.25, 0.3) is 0 Å². The van der Waals surface area contributed by atoms with E-state index in [1.807, 2.05) is 0 Å². The molecular formula is C11H15NO4. The van der Waals surface area contributed by atoms with Gasteiger partial charge in [0.2, 0.25) is 0 Å². The monoisotopic (exact) mass is 225 g/mol. The number of para-hydroxylation sites is 1. The number of phenols is 2. The van der Waals surface area contributed by atoms with Crippen molar-refractivity contribution in [3.05, 3.63) is 23.8 Å². The molecule has 4 N–H and O–H groups in total. The van der Waals surface area contributed by atoms with Crippen LogP contribution in [0.15, 0.2) is 18.2 Å². The van der Waals surface area contributed by atoms with Gasteiger partial charge in [-0.05, 0) is 13.0 Å². The Kier molecular flexibility index (Phi) is 4.13. The fourth-order valence-electron chi connectivity index (χ4n) is 1.36. The molecule has 0 aliphatic carbocycles. The number of hydrogen-bond acceptors (Lipinski definition) is 5. The van der Waals surface area contributed by atoms with E-state index in [1.54, 1.807) is 19.1 Å². The molecule has 0 fully saturated rings. The quantitative estimate of drug-likeness (QED) is 0.526. The van der Waals surface area contributed by atoms with Gasteiger partial charge < -0.3 is 20.7 Å². The fraction of sp³-hybridized carbons (Fsp3) is 0.364. The molecule has 0 spiro atoms. The van der Waals surface area contributed by atoms with Crippen LogP contribution in [-0.2, 0) is 9.53 Å². The zero-order valence-corrected chi connectivity index (χ0v) is 9.01. The molecule has 0 radical (unpaired) electrons. The highest BCUT2D eigenvalue weighted by molar-refractivity contribution is 5.70. The fourth-order valence-corrected chi connectivity index (χ4v) is 1.36. The molecule has 0 aromatic heterocycles. The minimum absolute atomic E-state index is 0.0369. The second kappa shape index (κ2) is 5.37. The van der Waals surface area contributed by atoms with Crippen LogP contribution in [0.4, 0.5) is 0 Å². The van der Waals surface area contributed by atoms with Crippen molar-refractivity contribution in [3.63, 3.8) is 0 Å². The van der Waals surface area contributed by atoms with Gasteiger partial charge in [0.25, 0.3) is 0 Å². The van der Waals surface area contributed by atoms with Gasteiger partial charge in [0.1, 0.15) is 0 Å². The Morgan fingerprint density at radius 2 is 2.19 bits per heavy atom. The number of nitrogens with two attached hydrogens (primary N) is 1. The topological polar surface area (TPSA) is 92.8 Å². The number of benzene rings is 1. The van der Waals surface area contributed by atoms with Crippen molar-refractivity contribution in [2.24, 2.45) is 5.73 Å². The first-order valence-corrected chi connectivity index (χ1v) is 4.98. The molecule has 5 heteroatoms. The van der Waals surface area contributed by atoms with E-state index in [2.05, 4.69) is 0 Å². The van der Waals surface area contributed by atoms with E-state index in [-0.39, 0.29) is 24.5 Å². The van der Waals surface area contributed by atoms with Gasteiger partial charge in [-0.3, -0.25) is 4.79 Å². The Labute approximate surface area is 93.5 Å². The van der Waals surface area contributed by atoms with E-state index in [0.717, 1.165) is 0 Å². The van der Waals surface area contributed by atoms with Gasteiger partial charge in [-0.25, -0.2) is 0 Å². The normalized spacial score (nSPS) is 12.1. The Balaban J connectivity index is 2.76. The molecule has 1 aromatic carbocycles. The van der Waals surface area contributed by atoms with Gasteiger partial charge in [0.05, 0.1) is 13.0 Å². The van der Waals surface area contributed by atoms with Crippen LogP contribution in [0.2, 0.25) is 0 Å². The number of rotatable bonds is 4. The molecule has 16 heavy (non-hydrogen) atoms. The van der Waals surface area contributed by atoms with E-state index in [9.17, 15) is 15.0 Å². The van der Waals surface area contributed by atoms with Crippen molar-refractivity contribution in [1.82, 2.24) is 0 Å². The van der Waals surface area contributed by atoms with Crippen molar-refractivity contribution in [1.29, 1.82) is 0 Å². The highest BCUT2D eigenvalue weighted by atomic mass is 16.5. The summed E-state index contributed by atoms with van der Waals surface area (Å²) in [5, 5.41) is 18.8. The molecule has 0 amide bonds. The lowest BCUT2D eigenvalue weighted by Gasteiger charge is -2.13. The number of aromatic hydroxyl groups is 2. The minimum atomic E-state index is -0.689. The van der Waals surface area contributed by atoms with E-state index < -0.39 is 12.0 Å². The lowest BCUT2D eigenvalue weighted by Crippen LogP contribution is -2.17. The lowest BCUT2D eigenvalue weighted by atomic mass is 10.0. The summed E-state index contributed by atoms with van der Waals surface area (Å²) in [6, 6.07) is 3.76. The minimum Gasteiger partial charge on any atom is -0.504 e. The van der Waals surface area contributed by atoms with Crippen LogP contribution in [-0.4, -0.2) is 22.8 Å². The molecule has 0 aliphatic heterocycles. The zero-order valence-electron chi connectivity index (χ0n) is 9.01. The average Bonchev–Trinajstić information content (AvgIpc) is 2.22. The third-order valence-corrected chi connectivity index (χ3v) is 2.14. The van der Waals surface area contributed by atoms with Gasteiger partial charge in [0, 0.05) is 11.6 Å². The average molecular weight is 225 g/mol. The smallest absolute Gasteiger partial charge is 0.307 e. The summed E-state index contributed by atoms with van der Waals surface area (Å²) in [7, 11) is 0. The molecule has 0 aliphatic rings. The van der Waals surface area contributed by atoms with Gasteiger partial charge in [-0.2, -0.15) is 0 Å². The first-order chi connectivity index (χ1) is 7.56. The van der Waals surface area contributed by atoms with Crippen molar-refractivity contribution in [3.8, 4) is 11.5 Å². The van der Waals surface area contributed by atoms with Gasteiger partial charge >= 0.3 is 5.97 Å². The Bertz CT molecular complexity index is 378. The van der Waals surface area contributed by atoms with Gasteiger partial charge in [-0.15, -0.1) is 0 Å². The van der Waals surface area contributed by atoms with Crippen molar-refractivity contribution in [2.45, 2.75) is 19.4 Å². The highest BCUT2D eigenvalue weighted by Gasteiger charge is 2.17. The molecule has 0 saturated carbocycles. The summed E-state index contributed by atoms with van der Waals surface area (Å²) in [4.78, 5) is 11.2. The number of carbonyl (C=O) groups is 1. The maximum Gasteiger partial charge on any atom is 0.307 e. The zero-order chi connectivity index (χ0) is 12.1. The van der Waals surface area contributed by atoms with E-state index in [4.69, 9.17) is 10.5 Å². The Hall–Kier alpha value is -1.75. The highest BCUT2D eigenvalue weighted by Crippen LogP contribution is 2.32. The second-order valence-corrected chi connectivity index (χ2v) is 3.33. The number of phenolic OH excluding ortho intramolecular Hbond substituents is 2. The third-order valence-electron chi connectivity index (χ3n) is 2.14. The standard InChI is InChI=1S/C11H15NO4/c1-2-16-10(14)6-8(12)7-4-3-5-9(13)11(7)15/h3-5,8,13,15H,2,6,12H2,1H3/t8-/m0/s1. The van der Waals surface area contributed by atoms with Crippen molar-refractivity contribution in [2.75, 3.05) is 6.61 Å². The summed E-state index contributed by atoms with van der Waals surface area (Å²) in [5.41, 5.74) is 6.05. The maximum absolute atomic E-state index is 11.2. The van der Waals surface area contributed by atoms with Crippen LogP contribution in [0.5, 0.6) is 11.5 Å². The number of hydrogen-bond donors (Lipinski definition) is 3. The van der Waals surface area contributed by atoms with Crippen molar-refractivity contribution >= 4 is 5.97 Å². The first-order valence-electron chi connectivity index (χ1n) is 4.98. The summed E-state index contributed by atoms with van der Waals surface area (Å²) in [6.07, 6.45) is -0.0369. The molecule has 1 rings (SSSR count). The Morgan fingerprint density at radius 1 is 1.50 bits per heavy atom. The van der Waals surface area contributed by atoms with Crippen LogP contribution in [0, 0.1) is 0 Å². The van der Waals surface area contributed by atoms with E-state index in [1.165, 1.54) is 6.07 Å². The summed E-state index contributed by atoms with van der Waals surface area (Å²) >= 11 is 0. The molecule has 0 heterocycles. The summed E-state index contributed by atoms with van der Waals surface area (Å²) in [5.74, 6) is -0.978. The molecular weight excluding hydrogens is 210 g/mol.